The van der Waals surface area contributed by atoms with Gasteiger partial charge in [0.15, 0.2) is 0 Å². The lowest BCUT2D eigenvalue weighted by Gasteiger charge is -2.16. The van der Waals surface area contributed by atoms with Crippen molar-refractivity contribution in [2.75, 3.05) is 12.4 Å². The van der Waals surface area contributed by atoms with Crippen molar-refractivity contribution in [2.24, 2.45) is 5.92 Å². The van der Waals surface area contributed by atoms with Gasteiger partial charge in [-0.05, 0) is 48.6 Å². The number of hydrogen-bond donors (Lipinski definition) is 0. The van der Waals surface area contributed by atoms with Crippen LogP contribution < -0.4 is 4.74 Å². The molecule has 2 rings (SSSR count). The van der Waals surface area contributed by atoms with Crippen LogP contribution in [0, 0.1) is 11.7 Å². The standard InChI is InChI=1S/C17H17BrClFO/c1-21-14-5-2-4-12(9-14)8-13(11-18)10-15-16(19)6-3-7-17(15)20/h2-7,9,13H,8,10-11H2,1H3. The molecule has 1 atom stereocenters. The molecule has 0 saturated heterocycles. The van der Waals surface area contributed by atoms with Crippen LogP contribution in [0.5, 0.6) is 5.75 Å². The third-order valence-electron chi connectivity index (χ3n) is 3.43. The maximum absolute atomic E-state index is 13.9. The predicted octanol–water partition coefficient (Wildman–Crippen LogP) is 5.28. The fraction of sp³-hybridized carbons (Fsp3) is 0.294. The van der Waals surface area contributed by atoms with Crippen LogP contribution in [0.1, 0.15) is 11.1 Å². The van der Waals surface area contributed by atoms with Gasteiger partial charge in [-0.1, -0.05) is 45.7 Å². The zero-order valence-corrected chi connectivity index (χ0v) is 14.1. The van der Waals surface area contributed by atoms with E-state index >= 15 is 0 Å². The van der Waals surface area contributed by atoms with Gasteiger partial charge in [-0.3, -0.25) is 0 Å². The van der Waals surface area contributed by atoms with Gasteiger partial charge in [0, 0.05) is 15.9 Å². The van der Waals surface area contributed by atoms with E-state index in [0.29, 0.717) is 17.0 Å². The molecule has 0 spiro atoms. The molecular weight excluding hydrogens is 355 g/mol. The van der Waals surface area contributed by atoms with Crippen molar-refractivity contribution in [1.82, 2.24) is 0 Å². The first-order valence-electron chi connectivity index (χ1n) is 6.75. The first-order chi connectivity index (χ1) is 10.1. The van der Waals surface area contributed by atoms with Crippen molar-refractivity contribution in [2.45, 2.75) is 12.8 Å². The molecule has 0 aliphatic carbocycles. The number of ether oxygens (including phenoxy) is 1. The molecule has 0 bridgehead atoms. The molecule has 21 heavy (non-hydrogen) atoms. The van der Waals surface area contributed by atoms with E-state index in [0.717, 1.165) is 17.5 Å². The summed E-state index contributed by atoms with van der Waals surface area (Å²) in [5.41, 5.74) is 1.76. The van der Waals surface area contributed by atoms with Crippen molar-refractivity contribution in [1.29, 1.82) is 0 Å². The van der Waals surface area contributed by atoms with Gasteiger partial charge in [-0.2, -0.15) is 0 Å². The summed E-state index contributed by atoms with van der Waals surface area (Å²) in [6.07, 6.45) is 1.45. The third kappa shape index (κ3) is 4.45. The molecule has 1 nitrogen and oxygen atoms in total. The Balaban J connectivity index is 2.13. The van der Waals surface area contributed by atoms with Crippen LogP contribution in [0.2, 0.25) is 5.02 Å². The first kappa shape index (κ1) is 16.3. The van der Waals surface area contributed by atoms with Crippen molar-refractivity contribution in [3.8, 4) is 5.75 Å². The Morgan fingerprint density at radius 2 is 1.95 bits per heavy atom. The summed E-state index contributed by atoms with van der Waals surface area (Å²) in [5.74, 6) is 0.871. The summed E-state index contributed by atoms with van der Waals surface area (Å²) in [5, 5.41) is 1.28. The fourth-order valence-corrected chi connectivity index (χ4v) is 3.03. The quantitative estimate of drug-likeness (QED) is 0.627. The van der Waals surface area contributed by atoms with Gasteiger partial charge in [-0.25, -0.2) is 4.39 Å². The minimum Gasteiger partial charge on any atom is -0.497 e. The molecule has 0 amide bonds. The number of halogens is 3. The number of hydrogen-bond acceptors (Lipinski definition) is 1. The van der Waals surface area contributed by atoms with Gasteiger partial charge in [0.25, 0.3) is 0 Å². The maximum atomic E-state index is 13.9. The van der Waals surface area contributed by atoms with Crippen molar-refractivity contribution >= 4 is 27.5 Å². The van der Waals surface area contributed by atoms with E-state index in [1.54, 1.807) is 19.2 Å². The van der Waals surface area contributed by atoms with Crippen LogP contribution >= 0.6 is 27.5 Å². The van der Waals surface area contributed by atoms with E-state index in [1.807, 2.05) is 18.2 Å². The molecule has 112 valence electrons. The zero-order valence-electron chi connectivity index (χ0n) is 11.8. The molecule has 2 aromatic carbocycles. The topological polar surface area (TPSA) is 9.23 Å². The molecule has 0 fully saturated rings. The van der Waals surface area contributed by atoms with Crippen molar-refractivity contribution in [3.05, 3.63) is 64.4 Å². The second-order valence-electron chi connectivity index (χ2n) is 4.98. The second kappa shape index (κ2) is 7.81. The van der Waals surface area contributed by atoms with Crippen molar-refractivity contribution < 1.29 is 9.13 Å². The normalized spacial score (nSPS) is 12.2. The lowest BCUT2D eigenvalue weighted by Crippen LogP contribution is -2.11. The van der Waals surface area contributed by atoms with E-state index in [2.05, 4.69) is 22.0 Å². The second-order valence-corrected chi connectivity index (χ2v) is 6.03. The largest absolute Gasteiger partial charge is 0.497 e. The zero-order chi connectivity index (χ0) is 15.2. The highest BCUT2D eigenvalue weighted by Crippen LogP contribution is 2.25. The Morgan fingerprint density at radius 1 is 1.19 bits per heavy atom. The summed E-state index contributed by atoms with van der Waals surface area (Å²) in [6, 6.07) is 12.8. The van der Waals surface area contributed by atoms with Crippen LogP contribution in [0.15, 0.2) is 42.5 Å². The van der Waals surface area contributed by atoms with Gasteiger partial charge < -0.3 is 4.74 Å². The van der Waals surface area contributed by atoms with Crippen LogP contribution in [0.3, 0.4) is 0 Å². The van der Waals surface area contributed by atoms with E-state index < -0.39 is 0 Å². The van der Waals surface area contributed by atoms with Crippen molar-refractivity contribution in [3.63, 3.8) is 0 Å². The molecule has 1 unspecified atom stereocenters. The molecule has 0 aliphatic heterocycles. The minimum absolute atomic E-state index is 0.237. The number of alkyl halides is 1. The molecule has 2 aromatic rings. The first-order valence-corrected chi connectivity index (χ1v) is 8.25. The smallest absolute Gasteiger partial charge is 0.127 e. The monoisotopic (exact) mass is 370 g/mol. The Kier molecular flexibility index (Phi) is 6.07. The van der Waals surface area contributed by atoms with E-state index in [1.165, 1.54) is 11.6 Å². The molecular formula is C17H17BrClFO. The highest BCUT2D eigenvalue weighted by Gasteiger charge is 2.15. The molecule has 0 saturated carbocycles. The molecule has 0 aromatic heterocycles. The van der Waals surface area contributed by atoms with Crippen LogP contribution in [0.25, 0.3) is 0 Å². The van der Waals surface area contributed by atoms with E-state index in [-0.39, 0.29) is 11.7 Å². The van der Waals surface area contributed by atoms with Crippen LogP contribution in [-0.4, -0.2) is 12.4 Å². The third-order valence-corrected chi connectivity index (χ3v) is 4.70. The molecule has 0 aliphatic rings. The maximum Gasteiger partial charge on any atom is 0.127 e. The van der Waals surface area contributed by atoms with E-state index in [9.17, 15) is 4.39 Å². The Hall–Kier alpha value is -1.06. The number of rotatable bonds is 6. The average Bonchev–Trinajstić information content (AvgIpc) is 2.50. The molecule has 4 heteroatoms. The molecule has 0 N–H and O–H groups in total. The molecule has 0 radical (unpaired) electrons. The Morgan fingerprint density at radius 3 is 2.62 bits per heavy atom. The van der Waals surface area contributed by atoms with Gasteiger partial charge >= 0.3 is 0 Å². The van der Waals surface area contributed by atoms with Gasteiger partial charge in [0.05, 0.1) is 7.11 Å². The van der Waals surface area contributed by atoms with Gasteiger partial charge in [-0.15, -0.1) is 0 Å². The SMILES string of the molecule is COc1cccc(CC(CBr)Cc2c(F)cccc2Cl)c1. The number of benzene rings is 2. The average molecular weight is 372 g/mol. The number of methoxy groups -OCH3 is 1. The summed E-state index contributed by atoms with van der Waals surface area (Å²) in [7, 11) is 1.65. The Bertz CT molecular complexity index is 583. The lowest BCUT2D eigenvalue weighted by molar-refractivity contribution is 0.414. The highest BCUT2D eigenvalue weighted by molar-refractivity contribution is 9.09. The summed E-state index contributed by atoms with van der Waals surface area (Å²) >= 11 is 9.62. The summed E-state index contributed by atoms with van der Waals surface area (Å²) in [4.78, 5) is 0. The predicted molar refractivity (Wildman–Crippen MR) is 89.1 cm³/mol. The van der Waals surface area contributed by atoms with Crippen LogP contribution in [-0.2, 0) is 12.8 Å². The highest BCUT2D eigenvalue weighted by atomic mass is 79.9. The Labute approximate surface area is 138 Å². The fourth-order valence-electron chi connectivity index (χ4n) is 2.33. The summed E-state index contributed by atoms with van der Waals surface area (Å²) < 4.78 is 19.1. The van der Waals surface area contributed by atoms with Crippen LogP contribution in [0.4, 0.5) is 4.39 Å². The van der Waals surface area contributed by atoms with Gasteiger partial charge in [0.1, 0.15) is 11.6 Å². The summed E-state index contributed by atoms with van der Waals surface area (Å²) in [6.45, 7) is 0. The molecule has 0 heterocycles. The lowest BCUT2D eigenvalue weighted by atomic mass is 9.94. The van der Waals surface area contributed by atoms with Gasteiger partial charge in [0.2, 0.25) is 0 Å². The van der Waals surface area contributed by atoms with E-state index in [4.69, 9.17) is 16.3 Å². The minimum atomic E-state index is -0.237.